The minimum absolute atomic E-state index is 0.0449. The van der Waals surface area contributed by atoms with Gasteiger partial charge in [-0.15, -0.1) is 0 Å². The Bertz CT molecular complexity index is 1290. The Labute approximate surface area is 215 Å². The summed E-state index contributed by atoms with van der Waals surface area (Å²) in [7, 11) is 0. The van der Waals surface area contributed by atoms with Gasteiger partial charge < -0.3 is 20.1 Å². The van der Waals surface area contributed by atoms with Crippen LogP contribution in [0.1, 0.15) is 54.5 Å². The first-order valence-corrected chi connectivity index (χ1v) is 12.8. The van der Waals surface area contributed by atoms with Gasteiger partial charge in [-0.25, -0.2) is 0 Å². The largest absolute Gasteiger partial charge is 0.351 e. The van der Waals surface area contributed by atoms with Crippen molar-refractivity contribution in [2.75, 3.05) is 13.1 Å². The highest BCUT2D eigenvalue weighted by Gasteiger charge is 2.51. The van der Waals surface area contributed by atoms with Crippen molar-refractivity contribution in [2.45, 2.75) is 51.7 Å². The fourth-order valence-electron chi connectivity index (χ4n) is 5.33. The molecule has 3 atom stereocenters. The number of para-hydroxylation sites is 1. The van der Waals surface area contributed by atoms with Gasteiger partial charge in [0.1, 0.15) is 11.7 Å². The Kier molecular flexibility index (Phi) is 6.29. The van der Waals surface area contributed by atoms with Crippen molar-refractivity contribution >= 4 is 40.2 Å². The summed E-state index contributed by atoms with van der Waals surface area (Å²) < 4.78 is 0. The maximum absolute atomic E-state index is 13.7. The summed E-state index contributed by atoms with van der Waals surface area (Å²) in [5.74, 6) is -0.516. The Morgan fingerprint density at radius 3 is 2.47 bits per heavy atom. The first-order valence-electron chi connectivity index (χ1n) is 12.4. The van der Waals surface area contributed by atoms with Gasteiger partial charge >= 0.3 is 0 Å². The van der Waals surface area contributed by atoms with E-state index >= 15 is 0 Å². The van der Waals surface area contributed by atoms with Crippen molar-refractivity contribution in [1.29, 1.82) is 0 Å². The highest BCUT2D eigenvalue weighted by Crippen LogP contribution is 2.35. The van der Waals surface area contributed by atoms with Crippen LogP contribution in [0.3, 0.4) is 0 Å². The van der Waals surface area contributed by atoms with Crippen LogP contribution in [-0.2, 0) is 4.79 Å². The van der Waals surface area contributed by atoms with Crippen molar-refractivity contribution in [3.8, 4) is 0 Å². The summed E-state index contributed by atoms with van der Waals surface area (Å²) >= 11 is 6.28. The second kappa shape index (κ2) is 9.28. The maximum atomic E-state index is 13.7. The van der Waals surface area contributed by atoms with E-state index in [1.807, 2.05) is 54.8 Å². The number of hydrogen-bond acceptors (Lipinski definition) is 3. The van der Waals surface area contributed by atoms with Crippen LogP contribution in [0.4, 0.5) is 0 Å². The van der Waals surface area contributed by atoms with E-state index in [0.717, 1.165) is 23.7 Å². The summed E-state index contributed by atoms with van der Waals surface area (Å²) in [6.07, 6.45) is 1.64. The molecule has 2 fully saturated rings. The molecule has 7 nitrogen and oxygen atoms in total. The van der Waals surface area contributed by atoms with Crippen molar-refractivity contribution in [3.63, 3.8) is 0 Å². The lowest BCUT2D eigenvalue weighted by molar-refractivity contribution is -0.152. The summed E-state index contributed by atoms with van der Waals surface area (Å²) in [6, 6.07) is 15.7. The molecule has 1 unspecified atom stereocenters. The van der Waals surface area contributed by atoms with Gasteiger partial charge in [0.05, 0.1) is 22.7 Å². The molecule has 2 saturated heterocycles. The number of benzene rings is 2. The quantitative estimate of drug-likeness (QED) is 0.547. The zero-order chi connectivity index (χ0) is 25.6. The maximum Gasteiger partial charge on any atom is 0.268 e. The van der Waals surface area contributed by atoms with Crippen LogP contribution in [0, 0.1) is 5.41 Å². The molecule has 2 aliphatic heterocycles. The molecule has 2 aliphatic rings. The third-order valence-electron chi connectivity index (χ3n) is 7.34. The van der Waals surface area contributed by atoms with Gasteiger partial charge in [-0.05, 0) is 42.5 Å². The molecule has 8 heteroatoms. The highest BCUT2D eigenvalue weighted by molar-refractivity contribution is 6.33. The van der Waals surface area contributed by atoms with Gasteiger partial charge in [-0.2, -0.15) is 0 Å². The number of rotatable bonds is 4. The van der Waals surface area contributed by atoms with Crippen molar-refractivity contribution in [2.24, 2.45) is 5.41 Å². The number of likely N-dealkylation sites (tertiary alicyclic amines) is 2. The standard InChI is InChI=1S/C28H31ClN4O3/c1-28(2,3)24(31-25(34)21-15-17-9-4-7-12-20(17)30-21)27(36)33-16-23-22(33)13-8-14-32(23)26(35)18-10-5-6-11-19(18)29/h4-7,9-12,15,22-24,30H,8,13-14,16H2,1-3H3,(H,31,34)/t22?,23-,24-/m1/s1. The molecule has 36 heavy (non-hydrogen) atoms. The van der Waals surface area contributed by atoms with E-state index in [1.54, 1.807) is 30.3 Å². The second-order valence-corrected chi connectivity index (χ2v) is 11.2. The van der Waals surface area contributed by atoms with Crippen LogP contribution in [0.25, 0.3) is 10.9 Å². The van der Waals surface area contributed by atoms with E-state index in [9.17, 15) is 14.4 Å². The van der Waals surface area contributed by atoms with Gasteiger partial charge in [0.25, 0.3) is 11.8 Å². The zero-order valence-corrected chi connectivity index (χ0v) is 21.5. The average Bonchev–Trinajstić information content (AvgIpc) is 3.26. The number of nitrogens with zero attached hydrogens (tertiary/aromatic N) is 2. The Morgan fingerprint density at radius 2 is 1.75 bits per heavy atom. The number of carbonyl (C=O) groups is 3. The lowest BCUT2D eigenvalue weighted by Gasteiger charge is -2.56. The first kappa shape index (κ1) is 24.4. The normalized spacial score (nSPS) is 20.4. The molecule has 3 aromatic rings. The summed E-state index contributed by atoms with van der Waals surface area (Å²) in [5, 5.41) is 4.36. The number of aromatic amines is 1. The molecule has 188 valence electrons. The Morgan fingerprint density at radius 1 is 1.03 bits per heavy atom. The number of hydrogen-bond donors (Lipinski definition) is 2. The van der Waals surface area contributed by atoms with Gasteiger partial charge in [0.2, 0.25) is 5.91 Å². The van der Waals surface area contributed by atoms with Crippen LogP contribution in [0.15, 0.2) is 54.6 Å². The van der Waals surface area contributed by atoms with E-state index in [-0.39, 0.29) is 29.8 Å². The molecular weight excluding hydrogens is 476 g/mol. The average molecular weight is 507 g/mol. The van der Waals surface area contributed by atoms with Crippen LogP contribution in [-0.4, -0.2) is 63.7 Å². The molecule has 0 saturated carbocycles. The smallest absolute Gasteiger partial charge is 0.268 e. The van der Waals surface area contributed by atoms with E-state index in [1.165, 1.54) is 0 Å². The van der Waals surface area contributed by atoms with Crippen molar-refractivity contribution in [3.05, 3.63) is 70.9 Å². The summed E-state index contributed by atoms with van der Waals surface area (Å²) in [6.45, 7) is 6.95. The Hall–Kier alpha value is -3.32. The molecule has 1 aromatic heterocycles. The molecular formula is C28H31ClN4O3. The summed E-state index contributed by atoms with van der Waals surface area (Å²) in [5.41, 5.74) is 1.29. The number of carbonyl (C=O) groups excluding carboxylic acids is 3. The number of fused-ring (bicyclic) bond motifs is 2. The first-order chi connectivity index (χ1) is 17.1. The van der Waals surface area contributed by atoms with Crippen molar-refractivity contribution < 1.29 is 14.4 Å². The van der Waals surface area contributed by atoms with Crippen molar-refractivity contribution in [1.82, 2.24) is 20.1 Å². The highest BCUT2D eigenvalue weighted by atomic mass is 35.5. The zero-order valence-electron chi connectivity index (χ0n) is 20.8. The summed E-state index contributed by atoms with van der Waals surface area (Å²) in [4.78, 5) is 46.9. The minimum atomic E-state index is -0.702. The van der Waals surface area contributed by atoms with Crippen LogP contribution >= 0.6 is 11.6 Å². The number of aromatic nitrogens is 1. The molecule has 2 N–H and O–H groups in total. The van der Waals surface area contributed by atoms with Gasteiger partial charge in [-0.3, -0.25) is 14.4 Å². The van der Waals surface area contributed by atoms with E-state index < -0.39 is 11.5 Å². The predicted octanol–water partition coefficient (Wildman–Crippen LogP) is 4.48. The van der Waals surface area contributed by atoms with E-state index in [4.69, 9.17) is 11.6 Å². The molecule has 3 heterocycles. The molecule has 0 bridgehead atoms. The minimum Gasteiger partial charge on any atom is -0.351 e. The molecule has 0 spiro atoms. The second-order valence-electron chi connectivity index (χ2n) is 10.8. The topological polar surface area (TPSA) is 85.5 Å². The Balaban J connectivity index is 1.31. The number of piperidine rings is 1. The number of amides is 3. The van der Waals surface area contributed by atoms with Gasteiger partial charge in [0, 0.05) is 24.0 Å². The third kappa shape index (κ3) is 4.37. The number of halogens is 1. The van der Waals surface area contributed by atoms with Gasteiger partial charge in [0.15, 0.2) is 0 Å². The van der Waals surface area contributed by atoms with Crippen LogP contribution in [0.5, 0.6) is 0 Å². The van der Waals surface area contributed by atoms with Crippen LogP contribution < -0.4 is 5.32 Å². The number of nitrogens with one attached hydrogen (secondary N) is 2. The fourth-order valence-corrected chi connectivity index (χ4v) is 5.55. The van der Waals surface area contributed by atoms with E-state index in [0.29, 0.717) is 29.4 Å². The monoisotopic (exact) mass is 506 g/mol. The molecule has 2 aromatic carbocycles. The third-order valence-corrected chi connectivity index (χ3v) is 7.67. The number of H-pyrrole nitrogens is 1. The molecule has 5 rings (SSSR count). The van der Waals surface area contributed by atoms with Crippen LogP contribution in [0.2, 0.25) is 5.02 Å². The molecule has 0 radical (unpaired) electrons. The fraction of sp³-hybridized carbons (Fsp3) is 0.393. The lowest BCUT2D eigenvalue weighted by Crippen LogP contribution is -2.73. The molecule has 3 amide bonds. The predicted molar refractivity (Wildman–Crippen MR) is 140 cm³/mol. The van der Waals surface area contributed by atoms with E-state index in [2.05, 4.69) is 10.3 Å². The lowest BCUT2D eigenvalue weighted by atomic mass is 9.81. The molecule has 0 aliphatic carbocycles. The van der Waals surface area contributed by atoms with Gasteiger partial charge in [-0.1, -0.05) is 62.7 Å². The SMILES string of the molecule is CC(C)(C)[C@H](NC(=O)c1cc2ccccc2[nH]1)C(=O)N1C[C@@H]2C1CCCN2C(=O)c1ccccc1Cl.